The van der Waals surface area contributed by atoms with Gasteiger partial charge in [-0.1, -0.05) is 106 Å². The highest BCUT2D eigenvalue weighted by Crippen LogP contribution is 2.40. The highest BCUT2D eigenvalue weighted by atomic mass is 14.7. The zero-order valence-corrected chi connectivity index (χ0v) is 22.8. The van der Waals surface area contributed by atoms with Crippen molar-refractivity contribution in [2.45, 2.75) is 47.0 Å². The van der Waals surface area contributed by atoms with Crippen LogP contribution in [0.25, 0.3) is 44.6 Å². The Morgan fingerprint density at radius 3 is 1.73 bits per heavy atom. The molecule has 0 bridgehead atoms. The Bertz CT molecular complexity index is 1550. The number of nitrogens with zero attached hydrogens (tertiary/aromatic N) is 1. The molecule has 0 unspecified atom stereocenters. The average molecular weight is 482 g/mol. The van der Waals surface area contributed by atoms with E-state index in [4.69, 9.17) is 4.98 Å². The Morgan fingerprint density at radius 1 is 0.514 bits per heavy atom. The van der Waals surface area contributed by atoms with E-state index in [9.17, 15) is 0 Å². The standard InChI is InChI=1S/C36H35N/c1-24-14-13-19-30(25(24)2)31-20-29(36(4,5)6)21-32(26(31)3)35-22-33(27-15-9-7-10-16-27)34(23-37-35)28-17-11-8-12-18-28/h7-23H,1-6H3. The first-order valence-corrected chi connectivity index (χ1v) is 13.1. The number of rotatable bonds is 4. The van der Waals surface area contributed by atoms with Gasteiger partial charge in [0.15, 0.2) is 0 Å². The Kier molecular flexibility index (Phi) is 6.56. The second-order valence-electron chi connectivity index (χ2n) is 11.0. The molecule has 0 spiro atoms. The molecule has 0 atom stereocenters. The minimum absolute atomic E-state index is 0.0150. The first-order valence-electron chi connectivity index (χ1n) is 13.1. The first kappa shape index (κ1) is 24.7. The summed E-state index contributed by atoms with van der Waals surface area (Å²) in [6, 6.07) is 34.8. The third-order valence-corrected chi connectivity index (χ3v) is 7.52. The van der Waals surface area contributed by atoms with Gasteiger partial charge in [0.1, 0.15) is 0 Å². The molecular formula is C36H35N. The summed E-state index contributed by atoms with van der Waals surface area (Å²) >= 11 is 0. The van der Waals surface area contributed by atoms with Crippen molar-refractivity contribution in [3.05, 3.63) is 126 Å². The van der Waals surface area contributed by atoms with Crippen molar-refractivity contribution in [2.75, 3.05) is 0 Å². The van der Waals surface area contributed by atoms with Gasteiger partial charge in [-0.2, -0.15) is 0 Å². The average Bonchev–Trinajstić information content (AvgIpc) is 2.91. The summed E-state index contributed by atoms with van der Waals surface area (Å²) < 4.78 is 0. The number of hydrogen-bond donors (Lipinski definition) is 0. The van der Waals surface area contributed by atoms with Crippen LogP contribution in [-0.2, 0) is 5.41 Å². The van der Waals surface area contributed by atoms with Gasteiger partial charge in [0.2, 0.25) is 0 Å². The lowest BCUT2D eigenvalue weighted by Crippen LogP contribution is -2.12. The number of hydrogen-bond acceptors (Lipinski definition) is 1. The van der Waals surface area contributed by atoms with E-state index in [1.807, 2.05) is 6.20 Å². The summed E-state index contributed by atoms with van der Waals surface area (Å²) in [5.41, 5.74) is 14.8. The van der Waals surface area contributed by atoms with Crippen LogP contribution in [0.1, 0.15) is 43.0 Å². The van der Waals surface area contributed by atoms with E-state index in [0.717, 1.165) is 11.3 Å². The van der Waals surface area contributed by atoms with Crippen LogP contribution in [0.15, 0.2) is 103 Å². The van der Waals surface area contributed by atoms with Gasteiger partial charge >= 0.3 is 0 Å². The Balaban J connectivity index is 1.78. The summed E-state index contributed by atoms with van der Waals surface area (Å²) in [7, 11) is 0. The van der Waals surface area contributed by atoms with Crippen molar-refractivity contribution in [1.29, 1.82) is 0 Å². The monoisotopic (exact) mass is 481 g/mol. The van der Waals surface area contributed by atoms with E-state index in [1.54, 1.807) is 0 Å². The molecule has 0 aliphatic rings. The molecule has 0 saturated carbocycles. The second kappa shape index (κ2) is 9.82. The SMILES string of the molecule is Cc1cccc(-c2cc(C(C)(C)C)cc(-c3cc(-c4ccccc4)c(-c4ccccc4)cn3)c2C)c1C. The molecule has 0 radical (unpaired) electrons. The molecule has 0 fully saturated rings. The molecule has 1 heteroatoms. The fourth-order valence-electron chi connectivity index (χ4n) is 5.04. The van der Waals surface area contributed by atoms with Crippen LogP contribution in [0.2, 0.25) is 0 Å². The second-order valence-corrected chi connectivity index (χ2v) is 11.0. The Labute approximate surface area is 221 Å². The van der Waals surface area contributed by atoms with Crippen molar-refractivity contribution in [2.24, 2.45) is 0 Å². The number of benzene rings is 4. The van der Waals surface area contributed by atoms with Gasteiger partial charge in [-0.05, 0) is 88.4 Å². The number of pyridine rings is 1. The molecule has 0 N–H and O–H groups in total. The first-order chi connectivity index (χ1) is 17.7. The molecule has 184 valence electrons. The van der Waals surface area contributed by atoms with E-state index in [1.165, 1.54) is 55.6 Å². The van der Waals surface area contributed by atoms with Crippen LogP contribution in [0, 0.1) is 20.8 Å². The van der Waals surface area contributed by atoms with Gasteiger partial charge in [-0.15, -0.1) is 0 Å². The molecule has 37 heavy (non-hydrogen) atoms. The van der Waals surface area contributed by atoms with E-state index < -0.39 is 0 Å². The zero-order valence-electron chi connectivity index (χ0n) is 22.8. The summed E-state index contributed by atoms with van der Waals surface area (Å²) in [4.78, 5) is 5.07. The maximum Gasteiger partial charge on any atom is 0.0711 e. The van der Waals surface area contributed by atoms with Gasteiger partial charge in [0.25, 0.3) is 0 Å². The Morgan fingerprint density at radius 2 is 1.11 bits per heavy atom. The van der Waals surface area contributed by atoms with Gasteiger partial charge in [-0.25, -0.2) is 0 Å². The highest BCUT2D eigenvalue weighted by molar-refractivity contribution is 5.87. The van der Waals surface area contributed by atoms with E-state index in [0.29, 0.717) is 0 Å². The lowest BCUT2D eigenvalue weighted by molar-refractivity contribution is 0.590. The summed E-state index contributed by atoms with van der Waals surface area (Å²) in [5, 5.41) is 0. The summed E-state index contributed by atoms with van der Waals surface area (Å²) in [6.45, 7) is 13.5. The van der Waals surface area contributed by atoms with Crippen molar-refractivity contribution in [1.82, 2.24) is 4.98 Å². The van der Waals surface area contributed by atoms with Gasteiger partial charge < -0.3 is 0 Å². The highest BCUT2D eigenvalue weighted by Gasteiger charge is 2.21. The molecule has 0 amide bonds. The minimum Gasteiger partial charge on any atom is -0.256 e. The molecule has 0 saturated heterocycles. The third kappa shape index (κ3) is 4.87. The van der Waals surface area contributed by atoms with E-state index in [-0.39, 0.29) is 5.41 Å². The van der Waals surface area contributed by atoms with Gasteiger partial charge in [0.05, 0.1) is 5.69 Å². The van der Waals surface area contributed by atoms with Crippen molar-refractivity contribution < 1.29 is 0 Å². The maximum absolute atomic E-state index is 5.07. The van der Waals surface area contributed by atoms with E-state index >= 15 is 0 Å². The zero-order chi connectivity index (χ0) is 26.2. The molecular weight excluding hydrogens is 446 g/mol. The molecule has 0 aliphatic carbocycles. The van der Waals surface area contributed by atoms with Crippen molar-refractivity contribution in [3.8, 4) is 44.6 Å². The molecule has 5 aromatic rings. The van der Waals surface area contributed by atoms with Crippen LogP contribution < -0.4 is 0 Å². The van der Waals surface area contributed by atoms with Crippen LogP contribution in [0.3, 0.4) is 0 Å². The van der Waals surface area contributed by atoms with Crippen LogP contribution in [-0.4, -0.2) is 4.98 Å². The normalized spacial score (nSPS) is 11.5. The molecule has 1 nitrogen and oxygen atoms in total. The molecule has 4 aromatic carbocycles. The predicted molar refractivity (Wildman–Crippen MR) is 159 cm³/mol. The predicted octanol–water partition coefficient (Wildman–Crippen LogP) is 9.97. The molecule has 5 rings (SSSR count). The van der Waals surface area contributed by atoms with Gasteiger partial charge in [0, 0.05) is 17.3 Å². The lowest BCUT2D eigenvalue weighted by Gasteiger charge is -2.24. The minimum atomic E-state index is 0.0150. The third-order valence-electron chi connectivity index (χ3n) is 7.52. The topological polar surface area (TPSA) is 12.9 Å². The van der Waals surface area contributed by atoms with E-state index in [2.05, 4.69) is 139 Å². The van der Waals surface area contributed by atoms with Crippen LogP contribution in [0.4, 0.5) is 0 Å². The van der Waals surface area contributed by atoms with Gasteiger partial charge in [-0.3, -0.25) is 4.98 Å². The smallest absolute Gasteiger partial charge is 0.0711 e. The fourth-order valence-corrected chi connectivity index (χ4v) is 5.04. The Hall–Kier alpha value is -3.97. The van der Waals surface area contributed by atoms with Crippen molar-refractivity contribution in [3.63, 3.8) is 0 Å². The number of aryl methyl sites for hydroxylation is 1. The summed E-state index contributed by atoms with van der Waals surface area (Å²) in [6.07, 6.45) is 2.05. The lowest BCUT2D eigenvalue weighted by atomic mass is 9.81. The largest absolute Gasteiger partial charge is 0.256 e. The van der Waals surface area contributed by atoms with Crippen LogP contribution in [0.5, 0.6) is 0 Å². The summed E-state index contributed by atoms with van der Waals surface area (Å²) in [5.74, 6) is 0. The number of aromatic nitrogens is 1. The molecule has 0 aliphatic heterocycles. The van der Waals surface area contributed by atoms with Crippen molar-refractivity contribution >= 4 is 0 Å². The maximum atomic E-state index is 5.07. The fraction of sp³-hybridized carbons (Fsp3) is 0.194. The quantitative estimate of drug-likeness (QED) is 0.249. The van der Waals surface area contributed by atoms with Crippen LogP contribution >= 0.6 is 0 Å². The molecule has 1 aromatic heterocycles. The molecule has 1 heterocycles.